The topological polar surface area (TPSA) is 89.0 Å². The fourth-order valence-electron chi connectivity index (χ4n) is 2.97. The van der Waals surface area contributed by atoms with Gasteiger partial charge in [0.25, 0.3) is 0 Å². The summed E-state index contributed by atoms with van der Waals surface area (Å²) in [5.74, 6) is 1.42. The van der Waals surface area contributed by atoms with Crippen LogP contribution in [0.3, 0.4) is 0 Å². The molecule has 6 nitrogen and oxygen atoms in total. The van der Waals surface area contributed by atoms with Crippen LogP contribution in [0.25, 0.3) is 0 Å². The van der Waals surface area contributed by atoms with Gasteiger partial charge in [-0.25, -0.2) is 0 Å². The Morgan fingerprint density at radius 2 is 0.963 bits per heavy atom. The number of nitrogens with two attached hydrogens (primary N) is 2. The lowest BCUT2D eigenvalue weighted by Crippen LogP contribution is -2.56. The van der Waals surface area contributed by atoms with Gasteiger partial charge in [0.15, 0.2) is 0 Å². The molecule has 2 aromatic rings. The molecule has 0 aliphatic rings. The zero-order valence-corrected chi connectivity index (χ0v) is 19.9. The normalized spacial score (nSPS) is 12.7. The van der Waals surface area contributed by atoms with Crippen molar-refractivity contribution in [2.45, 2.75) is 39.3 Å². The second-order valence-corrected chi connectivity index (χ2v) is 18.2. The van der Waals surface area contributed by atoms with Gasteiger partial charge in [0.2, 0.25) is 0 Å². The van der Waals surface area contributed by atoms with Gasteiger partial charge >= 0.3 is 25.7 Å². The smallest absolute Gasteiger partial charge is 0.383 e. The lowest BCUT2D eigenvalue weighted by molar-refractivity contribution is 0.302. The van der Waals surface area contributed by atoms with Crippen LogP contribution in [-0.2, 0) is 8.23 Å². The Morgan fingerprint density at radius 3 is 1.30 bits per heavy atom. The first-order valence-electron chi connectivity index (χ1n) is 8.85. The number of hydrogen-bond donors (Lipinski definition) is 2. The molecule has 0 radical (unpaired) electrons. The van der Waals surface area contributed by atoms with E-state index in [9.17, 15) is 0 Å². The highest BCUT2D eigenvalue weighted by atomic mass is 28.5. The molecule has 0 saturated carbocycles. The van der Waals surface area contributed by atoms with Crippen molar-refractivity contribution in [3.8, 4) is 11.5 Å². The van der Waals surface area contributed by atoms with E-state index in [1.54, 1.807) is 12.1 Å². The Morgan fingerprint density at radius 1 is 0.593 bits per heavy atom. The van der Waals surface area contributed by atoms with Gasteiger partial charge in [0.1, 0.15) is 11.5 Å². The molecule has 0 heterocycles. The van der Waals surface area contributed by atoms with Crippen molar-refractivity contribution >= 4 is 37.1 Å². The minimum Gasteiger partial charge on any atom is -0.521 e. The summed E-state index contributed by atoms with van der Waals surface area (Å²) in [6.45, 7) is 12.0. The summed E-state index contributed by atoms with van der Waals surface area (Å²) >= 11 is 0. The molecular weight excluding hydrogens is 392 g/mol. The van der Waals surface area contributed by atoms with E-state index >= 15 is 0 Å². The molecule has 27 heavy (non-hydrogen) atoms. The van der Waals surface area contributed by atoms with Gasteiger partial charge < -0.3 is 28.5 Å². The van der Waals surface area contributed by atoms with Crippen molar-refractivity contribution < 1.29 is 17.1 Å². The van der Waals surface area contributed by atoms with Crippen LogP contribution in [0.5, 0.6) is 11.5 Å². The van der Waals surface area contributed by atoms with E-state index in [4.69, 9.17) is 28.5 Å². The average molecular weight is 423 g/mol. The summed E-state index contributed by atoms with van der Waals surface area (Å²) in [4.78, 5) is 0. The van der Waals surface area contributed by atoms with E-state index in [1.165, 1.54) is 0 Å². The molecule has 0 fully saturated rings. The number of benzene rings is 2. The first kappa shape index (κ1) is 21.5. The van der Waals surface area contributed by atoms with Crippen LogP contribution >= 0.6 is 0 Å². The second-order valence-electron chi connectivity index (χ2n) is 7.75. The Bertz CT molecular complexity index is 721. The molecule has 0 bridgehead atoms. The predicted molar refractivity (Wildman–Crippen MR) is 118 cm³/mol. The van der Waals surface area contributed by atoms with Crippen molar-refractivity contribution in [2.24, 2.45) is 0 Å². The molecule has 0 aromatic heterocycles. The van der Waals surface area contributed by atoms with Crippen LogP contribution < -0.4 is 20.3 Å². The van der Waals surface area contributed by atoms with E-state index in [-0.39, 0.29) is 0 Å². The Kier molecular flexibility index (Phi) is 6.43. The summed E-state index contributed by atoms with van der Waals surface area (Å²) in [6, 6.07) is 14.7. The van der Waals surface area contributed by atoms with Crippen LogP contribution in [0, 0.1) is 0 Å². The average Bonchev–Trinajstić information content (AvgIpc) is 2.42. The van der Waals surface area contributed by atoms with Crippen LogP contribution in [0.2, 0.25) is 39.3 Å². The maximum absolute atomic E-state index is 6.39. The zero-order chi connectivity index (χ0) is 20.3. The van der Waals surface area contributed by atoms with Gasteiger partial charge in [-0.15, -0.1) is 0 Å². The summed E-state index contributed by atoms with van der Waals surface area (Å²) in [7, 11) is -7.45. The predicted octanol–water partition coefficient (Wildman–Crippen LogP) is 4.45. The van der Waals surface area contributed by atoms with Crippen LogP contribution in [-0.4, -0.2) is 25.7 Å². The molecule has 0 spiro atoms. The van der Waals surface area contributed by atoms with Gasteiger partial charge in [0.05, 0.1) is 0 Å². The van der Waals surface area contributed by atoms with Gasteiger partial charge in [-0.1, -0.05) is 12.1 Å². The molecule has 148 valence electrons. The highest BCUT2D eigenvalue weighted by Crippen LogP contribution is 2.26. The first-order valence-corrected chi connectivity index (χ1v) is 17.3. The van der Waals surface area contributed by atoms with Crippen molar-refractivity contribution in [3.63, 3.8) is 0 Å². The lowest BCUT2D eigenvalue weighted by Gasteiger charge is -2.37. The lowest BCUT2D eigenvalue weighted by atomic mass is 10.3. The zero-order valence-electron chi connectivity index (χ0n) is 16.9. The molecule has 0 atom stereocenters. The van der Waals surface area contributed by atoms with Crippen molar-refractivity contribution in [1.29, 1.82) is 0 Å². The molecule has 0 aliphatic heterocycles. The van der Waals surface area contributed by atoms with E-state index in [1.807, 2.05) is 75.7 Å². The van der Waals surface area contributed by atoms with E-state index < -0.39 is 25.7 Å². The van der Waals surface area contributed by atoms with Crippen LogP contribution in [0.1, 0.15) is 0 Å². The Hall–Kier alpha value is -1.79. The standard InChI is InChI=1S/C18H30N2O4Si3/c1-25(2,21-17-11-7-9-15(19)13-17)23-27(5,6)24-26(3,4)22-18-12-8-10-16(20)14-18/h7-14H,19-20H2,1-6H3. The fourth-order valence-corrected chi connectivity index (χ4v) is 14.7. The van der Waals surface area contributed by atoms with E-state index in [0.717, 1.165) is 0 Å². The van der Waals surface area contributed by atoms with Crippen LogP contribution in [0.15, 0.2) is 48.5 Å². The molecule has 0 unspecified atom stereocenters. The summed E-state index contributed by atoms with van der Waals surface area (Å²) in [5.41, 5.74) is 13.0. The molecule has 4 N–H and O–H groups in total. The minimum absolute atomic E-state index is 0.661. The summed E-state index contributed by atoms with van der Waals surface area (Å²) in [6.07, 6.45) is 0. The number of rotatable bonds is 8. The SMILES string of the molecule is C[Si](C)(Oc1cccc(N)c1)O[Si](C)(C)O[Si](C)(C)Oc1cccc(N)c1. The molecule has 0 aliphatic carbocycles. The highest BCUT2D eigenvalue weighted by molar-refractivity contribution is 6.84. The summed E-state index contributed by atoms with van der Waals surface area (Å²) < 4.78 is 25.0. The first-order chi connectivity index (χ1) is 12.4. The molecule has 0 saturated heterocycles. The van der Waals surface area contributed by atoms with Gasteiger partial charge in [0, 0.05) is 23.5 Å². The van der Waals surface area contributed by atoms with Crippen molar-refractivity contribution in [3.05, 3.63) is 48.5 Å². The van der Waals surface area contributed by atoms with Crippen LogP contribution in [0.4, 0.5) is 11.4 Å². The number of nitrogen functional groups attached to an aromatic ring is 2. The summed E-state index contributed by atoms with van der Waals surface area (Å²) in [5, 5.41) is 0. The monoisotopic (exact) mass is 422 g/mol. The highest BCUT2D eigenvalue weighted by Gasteiger charge is 2.43. The number of hydrogen-bond acceptors (Lipinski definition) is 6. The third kappa shape index (κ3) is 7.39. The van der Waals surface area contributed by atoms with E-state index in [2.05, 4.69) is 0 Å². The third-order valence-corrected chi connectivity index (χ3v) is 12.7. The molecule has 9 heteroatoms. The number of anilines is 2. The van der Waals surface area contributed by atoms with E-state index in [0.29, 0.717) is 22.9 Å². The Labute approximate surface area is 165 Å². The molecular formula is C18H30N2O4Si3. The second kappa shape index (κ2) is 8.07. The minimum atomic E-state index is -2.50. The molecule has 2 rings (SSSR count). The van der Waals surface area contributed by atoms with Crippen molar-refractivity contribution in [2.75, 3.05) is 11.5 Å². The van der Waals surface area contributed by atoms with Crippen molar-refractivity contribution in [1.82, 2.24) is 0 Å². The third-order valence-electron chi connectivity index (χ3n) is 3.43. The van der Waals surface area contributed by atoms with Gasteiger partial charge in [-0.2, -0.15) is 0 Å². The maximum atomic E-state index is 6.39. The fraction of sp³-hybridized carbons (Fsp3) is 0.333. The van der Waals surface area contributed by atoms with Gasteiger partial charge in [-0.05, 0) is 63.5 Å². The van der Waals surface area contributed by atoms with Gasteiger partial charge in [-0.3, -0.25) is 0 Å². The largest absolute Gasteiger partial charge is 0.521 e. The molecule has 2 aromatic carbocycles. The maximum Gasteiger partial charge on any atom is 0.383 e. The molecule has 0 amide bonds. The Balaban J connectivity index is 2.03. The quantitative estimate of drug-likeness (QED) is 0.483.